The highest BCUT2D eigenvalue weighted by molar-refractivity contribution is 7.89. The fourth-order valence-corrected chi connectivity index (χ4v) is 6.36. The summed E-state index contributed by atoms with van der Waals surface area (Å²) in [6, 6.07) is 17.3. The Kier molecular flexibility index (Phi) is 6.74. The topological polar surface area (TPSA) is 54.7 Å². The van der Waals surface area contributed by atoms with Gasteiger partial charge >= 0.3 is 0 Å². The molecule has 1 aromatic heterocycles. The summed E-state index contributed by atoms with van der Waals surface area (Å²) in [5.74, 6) is 0.586. The molecule has 0 bridgehead atoms. The third-order valence-electron chi connectivity index (χ3n) is 5.74. The smallest absolute Gasteiger partial charge is 0.243 e. The van der Waals surface area contributed by atoms with Crippen molar-refractivity contribution in [2.45, 2.75) is 44.6 Å². The molecule has 0 radical (unpaired) electrons. The molecular weight excluding hydrogens is 426 g/mol. The molecule has 7 heteroatoms. The van der Waals surface area contributed by atoms with Crippen molar-refractivity contribution in [1.82, 2.24) is 8.87 Å². The number of piperidine rings is 1. The number of para-hydroxylation sites is 1. The minimum atomic E-state index is -3.48. The van der Waals surface area contributed by atoms with Crippen molar-refractivity contribution in [1.29, 1.82) is 0 Å². The van der Waals surface area contributed by atoms with Crippen molar-refractivity contribution in [2.24, 2.45) is 10.9 Å². The third kappa shape index (κ3) is 4.84. The Labute approximate surface area is 188 Å². The van der Waals surface area contributed by atoms with E-state index in [9.17, 15) is 8.42 Å². The normalized spacial score (nSPS) is 16.6. The molecule has 5 nitrogen and oxygen atoms in total. The molecule has 164 valence electrons. The Morgan fingerprint density at radius 2 is 1.81 bits per heavy atom. The molecule has 1 fully saturated rings. The highest BCUT2D eigenvalue weighted by atomic mass is 32.2. The van der Waals surface area contributed by atoms with Crippen molar-refractivity contribution in [3.05, 3.63) is 64.8 Å². The molecule has 0 amide bonds. The summed E-state index contributed by atoms with van der Waals surface area (Å²) < 4.78 is 30.3. The first kappa shape index (κ1) is 22.0. The minimum Gasteiger partial charge on any atom is -0.316 e. The highest BCUT2D eigenvalue weighted by Gasteiger charge is 2.28. The van der Waals surface area contributed by atoms with Crippen LogP contribution in [-0.2, 0) is 16.6 Å². The van der Waals surface area contributed by atoms with E-state index in [0.717, 1.165) is 47.6 Å². The average molecular weight is 456 g/mol. The predicted molar refractivity (Wildman–Crippen MR) is 127 cm³/mol. The molecule has 1 aliphatic heterocycles. The van der Waals surface area contributed by atoms with Gasteiger partial charge in [-0.05, 0) is 49.4 Å². The van der Waals surface area contributed by atoms with E-state index in [1.54, 1.807) is 21.7 Å². The van der Waals surface area contributed by atoms with Crippen LogP contribution >= 0.6 is 11.3 Å². The fourth-order valence-electron chi connectivity index (χ4n) is 3.89. The summed E-state index contributed by atoms with van der Waals surface area (Å²) >= 11 is 1.58. The van der Waals surface area contributed by atoms with Crippen LogP contribution in [0, 0.1) is 5.92 Å². The number of thiazole rings is 1. The highest BCUT2D eigenvalue weighted by Crippen LogP contribution is 2.28. The first-order chi connectivity index (χ1) is 15.0. The molecule has 4 rings (SSSR count). The predicted octanol–water partition coefficient (Wildman–Crippen LogP) is 5.28. The minimum absolute atomic E-state index is 0.371. The lowest BCUT2D eigenvalue weighted by atomic mass is 10.0. The second-order valence-electron chi connectivity index (χ2n) is 8.12. The molecule has 0 N–H and O–H groups in total. The monoisotopic (exact) mass is 455 g/mol. The van der Waals surface area contributed by atoms with Gasteiger partial charge in [0.15, 0.2) is 4.80 Å². The van der Waals surface area contributed by atoms with Crippen LogP contribution in [0.4, 0.5) is 5.69 Å². The zero-order valence-electron chi connectivity index (χ0n) is 18.1. The van der Waals surface area contributed by atoms with E-state index in [0.29, 0.717) is 23.9 Å². The Morgan fingerprint density at radius 3 is 2.52 bits per heavy atom. The van der Waals surface area contributed by atoms with Crippen LogP contribution in [0.5, 0.6) is 0 Å². The van der Waals surface area contributed by atoms with Crippen molar-refractivity contribution in [3.63, 3.8) is 0 Å². The zero-order valence-corrected chi connectivity index (χ0v) is 19.7. The third-order valence-corrected chi connectivity index (χ3v) is 8.49. The number of rotatable bonds is 6. The van der Waals surface area contributed by atoms with Gasteiger partial charge in [-0.15, -0.1) is 11.3 Å². The quantitative estimate of drug-likeness (QED) is 0.508. The molecule has 0 aliphatic carbocycles. The van der Waals surface area contributed by atoms with Gasteiger partial charge in [0.05, 0.1) is 16.3 Å². The SMILES string of the molecule is CCCn1c(-c2cccc(S(=O)(=O)N3CCC(C)CC3)c2)csc1=Nc1ccccc1. The summed E-state index contributed by atoms with van der Waals surface area (Å²) in [6.45, 7) is 6.35. The Balaban J connectivity index is 1.72. The van der Waals surface area contributed by atoms with Crippen LogP contribution in [0.25, 0.3) is 11.3 Å². The summed E-state index contributed by atoms with van der Waals surface area (Å²) in [7, 11) is -3.48. The van der Waals surface area contributed by atoms with Crippen molar-refractivity contribution in [2.75, 3.05) is 13.1 Å². The van der Waals surface area contributed by atoms with Gasteiger partial charge in [-0.1, -0.05) is 44.2 Å². The lowest BCUT2D eigenvalue weighted by molar-refractivity contribution is 0.288. The van der Waals surface area contributed by atoms with Crippen LogP contribution in [0.2, 0.25) is 0 Å². The maximum absolute atomic E-state index is 13.2. The molecule has 31 heavy (non-hydrogen) atoms. The number of sulfonamides is 1. The van der Waals surface area contributed by atoms with Crippen LogP contribution in [-0.4, -0.2) is 30.4 Å². The number of benzene rings is 2. The second-order valence-corrected chi connectivity index (χ2v) is 10.9. The van der Waals surface area contributed by atoms with E-state index >= 15 is 0 Å². The first-order valence-corrected chi connectivity index (χ1v) is 13.2. The van der Waals surface area contributed by atoms with Crippen LogP contribution in [0.15, 0.2) is 69.9 Å². The van der Waals surface area contributed by atoms with Gasteiger partial charge < -0.3 is 4.57 Å². The van der Waals surface area contributed by atoms with E-state index < -0.39 is 10.0 Å². The maximum atomic E-state index is 13.2. The van der Waals surface area contributed by atoms with Crippen LogP contribution in [0.3, 0.4) is 0 Å². The maximum Gasteiger partial charge on any atom is 0.243 e. The van der Waals surface area contributed by atoms with E-state index in [1.807, 2.05) is 48.5 Å². The Hall–Kier alpha value is -2.22. The molecule has 2 heterocycles. The number of hydrogen-bond donors (Lipinski definition) is 0. The van der Waals surface area contributed by atoms with Crippen LogP contribution < -0.4 is 4.80 Å². The standard InChI is InChI=1S/C24H29N3O2S2/c1-3-14-27-23(18-30-24(27)25-21-9-5-4-6-10-21)20-8-7-11-22(17-20)31(28,29)26-15-12-19(2)13-16-26/h4-11,17-19H,3,12-16H2,1-2H3. The molecule has 0 atom stereocenters. The van der Waals surface area contributed by atoms with E-state index in [2.05, 4.69) is 23.8 Å². The molecule has 0 unspecified atom stereocenters. The first-order valence-electron chi connectivity index (χ1n) is 10.9. The van der Waals surface area contributed by atoms with E-state index in [-0.39, 0.29) is 0 Å². The van der Waals surface area contributed by atoms with Gasteiger partial charge in [0.25, 0.3) is 0 Å². The van der Waals surface area contributed by atoms with Gasteiger partial charge in [-0.2, -0.15) is 4.31 Å². The summed E-state index contributed by atoms with van der Waals surface area (Å²) in [5, 5.41) is 2.08. The van der Waals surface area contributed by atoms with E-state index in [1.165, 1.54) is 0 Å². The average Bonchev–Trinajstić information content (AvgIpc) is 3.17. The largest absolute Gasteiger partial charge is 0.316 e. The Bertz CT molecular complexity index is 1190. The number of aromatic nitrogens is 1. The van der Waals surface area contributed by atoms with Crippen molar-refractivity contribution >= 4 is 27.0 Å². The number of hydrogen-bond acceptors (Lipinski definition) is 4. The van der Waals surface area contributed by atoms with E-state index in [4.69, 9.17) is 4.99 Å². The number of nitrogens with zero attached hydrogens (tertiary/aromatic N) is 3. The Morgan fingerprint density at radius 1 is 1.06 bits per heavy atom. The van der Waals surface area contributed by atoms with Gasteiger partial charge in [0.2, 0.25) is 10.0 Å². The summed E-state index contributed by atoms with van der Waals surface area (Å²) in [4.78, 5) is 6.10. The zero-order chi connectivity index (χ0) is 21.8. The molecule has 0 saturated carbocycles. The molecule has 1 saturated heterocycles. The van der Waals surface area contributed by atoms with Crippen LogP contribution in [0.1, 0.15) is 33.1 Å². The van der Waals surface area contributed by atoms with Crippen molar-refractivity contribution in [3.8, 4) is 11.3 Å². The molecule has 0 spiro atoms. The molecule has 2 aromatic carbocycles. The lowest BCUT2D eigenvalue weighted by Gasteiger charge is -2.29. The van der Waals surface area contributed by atoms with Gasteiger partial charge in [-0.25, -0.2) is 13.4 Å². The summed E-state index contributed by atoms with van der Waals surface area (Å²) in [6.07, 6.45) is 2.81. The molecule has 1 aliphatic rings. The fraction of sp³-hybridized carbons (Fsp3) is 0.375. The lowest BCUT2D eigenvalue weighted by Crippen LogP contribution is -2.37. The van der Waals surface area contributed by atoms with Crippen molar-refractivity contribution < 1.29 is 8.42 Å². The summed E-state index contributed by atoms with van der Waals surface area (Å²) in [5.41, 5.74) is 2.83. The molecule has 3 aromatic rings. The molecular formula is C24H29N3O2S2. The second kappa shape index (κ2) is 9.51. The van der Waals surface area contributed by atoms with Gasteiger partial charge in [0, 0.05) is 30.6 Å². The van der Waals surface area contributed by atoms with Gasteiger partial charge in [0.1, 0.15) is 0 Å². The van der Waals surface area contributed by atoms with Gasteiger partial charge in [-0.3, -0.25) is 0 Å².